The van der Waals surface area contributed by atoms with E-state index in [2.05, 4.69) is 15.6 Å². The molecule has 0 saturated heterocycles. The summed E-state index contributed by atoms with van der Waals surface area (Å²) in [6.07, 6.45) is 0. The van der Waals surface area contributed by atoms with Gasteiger partial charge in [0.2, 0.25) is 0 Å². The Kier molecular flexibility index (Phi) is 7.61. The van der Waals surface area contributed by atoms with E-state index in [0.717, 1.165) is 17.8 Å². The number of para-hydroxylation sites is 1. The van der Waals surface area contributed by atoms with Gasteiger partial charge in [0.15, 0.2) is 29.0 Å². The van der Waals surface area contributed by atoms with Crippen molar-refractivity contribution >= 4 is 11.6 Å². The highest BCUT2D eigenvalue weighted by molar-refractivity contribution is 5.94. The third-order valence-electron chi connectivity index (χ3n) is 3.88. The largest absolute Gasteiger partial charge is 0.493 e. The summed E-state index contributed by atoms with van der Waals surface area (Å²) in [6.45, 7) is 3.18. The molecule has 27 heavy (non-hydrogen) atoms. The fourth-order valence-corrected chi connectivity index (χ4v) is 2.60. The minimum Gasteiger partial charge on any atom is -0.493 e. The average molecular weight is 373 g/mol. The molecule has 7 heteroatoms. The Hall–Kier alpha value is -3.09. The predicted octanol–water partition coefficient (Wildman–Crippen LogP) is 3.30. The molecule has 0 bridgehead atoms. The molecule has 0 unspecified atom stereocenters. The van der Waals surface area contributed by atoms with Crippen LogP contribution in [0.3, 0.4) is 0 Å². The maximum Gasteiger partial charge on any atom is 0.196 e. The highest BCUT2D eigenvalue weighted by atomic mass is 16.5. The van der Waals surface area contributed by atoms with Gasteiger partial charge in [-0.1, -0.05) is 12.1 Å². The summed E-state index contributed by atoms with van der Waals surface area (Å²) in [5.41, 5.74) is 1.77. The molecule has 0 radical (unpaired) electrons. The van der Waals surface area contributed by atoms with E-state index in [1.54, 1.807) is 28.4 Å². The van der Waals surface area contributed by atoms with Crippen LogP contribution in [-0.2, 0) is 6.54 Å². The van der Waals surface area contributed by atoms with E-state index >= 15 is 0 Å². The monoisotopic (exact) mass is 373 g/mol. The van der Waals surface area contributed by atoms with Crippen molar-refractivity contribution in [2.75, 3.05) is 40.3 Å². The van der Waals surface area contributed by atoms with Crippen molar-refractivity contribution in [1.82, 2.24) is 5.32 Å². The molecular weight excluding hydrogens is 346 g/mol. The second-order valence-corrected chi connectivity index (χ2v) is 5.54. The number of nitrogens with zero attached hydrogens (tertiary/aromatic N) is 1. The molecule has 2 N–H and O–H groups in total. The molecule has 0 heterocycles. The molecule has 0 aliphatic heterocycles. The lowest BCUT2D eigenvalue weighted by Crippen LogP contribution is -2.30. The van der Waals surface area contributed by atoms with Gasteiger partial charge in [-0.2, -0.15) is 0 Å². The summed E-state index contributed by atoms with van der Waals surface area (Å²) >= 11 is 0. The molecular formula is C20H27N3O4. The zero-order valence-electron chi connectivity index (χ0n) is 16.5. The minimum atomic E-state index is 0.434. The first-order chi connectivity index (χ1) is 13.2. The Morgan fingerprint density at radius 2 is 1.63 bits per heavy atom. The van der Waals surface area contributed by atoms with Crippen LogP contribution in [0.15, 0.2) is 41.4 Å². The summed E-state index contributed by atoms with van der Waals surface area (Å²) in [6, 6.07) is 11.3. The van der Waals surface area contributed by atoms with Crippen molar-refractivity contribution in [3.8, 4) is 23.0 Å². The van der Waals surface area contributed by atoms with Crippen molar-refractivity contribution in [2.45, 2.75) is 13.5 Å². The summed E-state index contributed by atoms with van der Waals surface area (Å²) in [7, 11) is 6.46. The number of methoxy groups -OCH3 is 4. The van der Waals surface area contributed by atoms with Crippen LogP contribution in [-0.4, -0.2) is 40.9 Å². The third kappa shape index (κ3) is 5.20. The Labute approximate surface area is 160 Å². The van der Waals surface area contributed by atoms with E-state index in [-0.39, 0.29) is 0 Å². The van der Waals surface area contributed by atoms with Crippen molar-refractivity contribution in [1.29, 1.82) is 0 Å². The van der Waals surface area contributed by atoms with E-state index in [9.17, 15) is 0 Å². The van der Waals surface area contributed by atoms with Gasteiger partial charge in [-0.25, -0.2) is 4.99 Å². The van der Waals surface area contributed by atoms with Gasteiger partial charge in [-0.15, -0.1) is 0 Å². The molecule has 0 spiro atoms. The number of anilines is 1. The normalized spacial score (nSPS) is 10.9. The van der Waals surface area contributed by atoms with Crippen molar-refractivity contribution in [3.05, 3.63) is 42.0 Å². The molecule has 2 rings (SSSR count). The molecule has 0 aliphatic rings. The Morgan fingerprint density at radius 1 is 0.889 bits per heavy atom. The van der Waals surface area contributed by atoms with Gasteiger partial charge < -0.3 is 29.6 Å². The first-order valence-corrected chi connectivity index (χ1v) is 8.64. The van der Waals surface area contributed by atoms with E-state index < -0.39 is 0 Å². The first kappa shape index (κ1) is 20.2. The molecule has 0 amide bonds. The summed E-state index contributed by atoms with van der Waals surface area (Å²) in [4.78, 5) is 4.65. The number of guanidine groups is 1. The molecule has 7 nitrogen and oxygen atoms in total. The maximum absolute atomic E-state index is 5.47. The second-order valence-electron chi connectivity index (χ2n) is 5.54. The van der Waals surface area contributed by atoms with Crippen LogP contribution in [0.25, 0.3) is 0 Å². The summed E-state index contributed by atoms with van der Waals surface area (Å²) < 4.78 is 21.4. The quantitative estimate of drug-likeness (QED) is 0.546. The summed E-state index contributed by atoms with van der Waals surface area (Å²) in [5.74, 6) is 3.34. The molecule has 0 saturated carbocycles. The molecule has 0 aliphatic carbocycles. The summed E-state index contributed by atoms with van der Waals surface area (Å²) in [5, 5.41) is 6.50. The van der Waals surface area contributed by atoms with Gasteiger partial charge in [0.1, 0.15) is 0 Å². The number of nitrogens with one attached hydrogen (secondary N) is 2. The van der Waals surface area contributed by atoms with E-state index in [1.807, 2.05) is 43.3 Å². The van der Waals surface area contributed by atoms with Gasteiger partial charge in [0.05, 0.1) is 35.0 Å². The Bertz CT molecular complexity index is 778. The minimum absolute atomic E-state index is 0.434. The molecule has 0 aromatic heterocycles. The lowest BCUT2D eigenvalue weighted by molar-refractivity contribution is 0.352. The lowest BCUT2D eigenvalue weighted by atomic mass is 10.2. The zero-order valence-corrected chi connectivity index (χ0v) is 16.5. The highest BCUT2D eigenvalue weighted by Crippen LogP contribution is 2.31. The second kappa shape index (κ2) is 10.2. The topological polar surface area (TPSA) is 73.3 Å². The van der Waals surface area contributed by atoms with Crippen LogP contribution in [0.5, 0.6) is 23.0 Å². The lowest BCUT2D eigenvalue weighted by Gasteiger charge is -2.15. The van der Waals surface area contributed by atoms with Gasteiger partial charge in [-0.05, 0) is 25.1 Å². The molecule has 0 atom stereocenters. The van der Waals surface area contributed by atoms with Crippen LogP contribution in [0.2, 0.25) is 0 Å². The SMILES string of the molecule is CCNC(=NCc1cccc(OC)c1OC)Nc1ccc(OC)c(OC)c1. The number of aliphatic imine (C=N–C) groups is 1. The number of rotatable bonds is 8. The maximum atomic E-state index is 5.47. The average Bonchev–Trinajstić information content (AvgIpc) is 2.71. The molecule has 2 aromatic rings. The molecule has 2 aromatic carbocycles. The van der Waals surface area contributed by atoms with Crippen LogP contribution in [0.4, 0.5) is 5.69 Å². The third-order valence-corrected chi connectivity index (χ3v) is 3.88. The van der Waals surface area contributed by atoms with Crippen molar-refractivity contribution < 1.29 is 18.9 Å². The number of benzene rings is 2. The molecule has 146 valence electrons. The Morgan fingerprint density at radius 3 is 2.26 bits per heavy atom. The van der Waals surface area contributed by atoms with Crippen LogP contribution < -0.4 is 29.6 Å². The molecule has 0 fully saturated rings. The zero-order chi connectivity index (χ0) is 19.6. The number of hydrogen-bond acceptors (Lipinski definition) is 5. The van der Waals surface area contributed by atoms with E-state index in [4.69, 9.17) is 18.9 Å². The number of hydrogen-bond donors (Lipinski definition) is 2. The first-order valence-electron chi connectivity index (χ1n) is 8.64. The standard InChI is InChI=1S/C20H27N3O4/c1-6-21-20(23-15-10-11-16(24-2)18(12-15)26-4)22-13-14-8-7-9-17(25-3)19(14)27-5/h7-12H,6,13H2,1-5H3,(H2,21,22,23). The fraction of sp³-hybridized carbons (Fsp3) is 0.350. The highest BCUT2D eigenvalue weighted by Gasteiger charge is 2.10. The van der Waals surface area contributed by atoms with Crippen LogP contribution >= 0.6 is 0 Å². The fourth-order valence-electron chi connectivity index (χ4n) is 2.60. The van der Waals surface area contributed by atoms with Gasteiger partial charge >= 0.3 is 0 Å². The predicted molar refractivity (Wildman–Crippen MR) is 108 cm³/mol. The van der Waals surface area contributed by atoms with Gasteiger partial charge in [-0.3, -0.25) is 0 Å². The van der Waals surface area contributed by atoms with Crippen molar-refractivity contribution in [3.63, 3.8) is 0 Å². The Balaban J connectivity index is 2.22. The van der Waals surface area contributed by atoms with Crippen LogP contribution in [0, 0.1) is 0 Å². The van der Waals surface area contributed by atoms with E-state index in [0.29, 0.717) is 35.5 Å². The smallest absolute Gasteiger partial charge is 0.196 e. The number of ether oxygens (including phenoxy) is 4. The van der Waals surface area contributed by atoms with Gasteiger partial charge in [0, 0.05) is 23.9 Å². The van der Waals surface area contributed by atoms with Gasteiger partial charge in [0.25, 0.3) is 0 Å². The van der Waals surface area contributed by atoms with Crippen molar-refractivity contribution in [2.24, 2.45) is 4.99 Å². The van der Waals surface area contributed by atoms with Crippen LogP contribution in [0.1, 0.15) is 12.5 Å². The van der Waals surface area contributed by atoms with E-state index in [1.165, 1.54) is 0 Å².